The van der Waals surface area contributed by atoms with Gasteiger partial charge in [0, 0.05) is 28.7 Å². The van der Waals surface area contributed by atoms with Crippen LogP contribution in [0.2, 0.25) is 15.1 Å². The first-order chi connectivity index (χ1) is 15.5. The second-order valence-electron chi connectivity index (χ2n) is 6.77. The summed E-state index contributed by atoms with van der Waals surface area (Å²) >= 11 is 18.0. The molecule has 0 atom stereocenters. The smallest absolute Gasteiger partial charge is 0.367 e. The van der Waals surface area contributed by atoms with Gasteiger partial charge in [-0.1, -0.05) is 57.2 Å². The lowest BCUT2D eigenvalue weighted by Gasteiger charge is -2.24. The molecule has 3 aromatic rings. The minimum absolute atomic E-state index is 0.112. The number of ether oxygens (including phenoxy) is 1. The number of oxime groups is 1. The highest BCUT2D eigenvalue weighted by Gasteiger charge is 2.18. The summed E-state index contributed by atoms with van der Waals surface area (Å²) in [6, 6.07) is 11.4. The first kappa shape index (κ1) is 22.5. The van der Waals surface area contributed by atoms with Gasteiger partial charge in [-0.15, -0.1) is 5.10 Å². The molecular formula is C20H17Cl3N6O3. The van der Waals surface area contributed by atoms with Crippen LogP contribution in [0.3, 0.4) is 0 Å². The van der Waals surface area contributed by atoms with E-state index in [1.165, 1.54) is 16.9 Å². The van der Waals surface area contributed by atoms with E-state index >= 15 is 0 Å². The lowest BCUT2D eigenvalue weighted by Crippen LogP contribution is -2.37. The van der Waals surface area contributed by atoms with Gasteiger partial charge in [-0.3, -0.25) is 0 Å². The molecule has 4 rings (SSSR count). The number of nitrogens with zero attached hydrogens (tertiary/aromatic N) is 6. The van der Waals surface area contributed by atoms with Crippen LogP contribution >= 0.6 is 34.8 Å². The number of tetrazole rings is 1. The Hall–Kier alpha value is -2.72. The van der Waals surface area contributed by atoms with Crippen LogP contribution in [0.25, 0.3) is 0 Å². The Morgan fingerprint density at radius 1 is 1.06 bits per heavy atom. The van der Waals surface area contributed by atoms with E-state index in [0.29, 0.717) is 53.6 Å². The predicted octanol–water partition coefficient (Wildman–Crippen LogP) is 3.73. The van der Waals surface area contributed by atoms with Gasteiger partial charge in [0.2, 0.25) is 0 Å². The standard InChI is InChI=1S/C20H17Cl3N6O3/c21-14-3-1-13(2-4-14)18(26-32-19(30)16-6-5-15(22)11-17(16)23)12-29-25-20(24-27-29)28-7-9-31-10-8-28/h1-6,11H,7-10,12H2/b26-18-. The van der Waals surface area contributed by atoms with Gasteiger partial charge in [-0.25, -0.2) is 4.79 Å². The van der Waals surface area contributed by atoms with Crippen LogP contribution in [-0.4, -0.2) is 58.2 Å². The summed E-state index contributed by atoms with van der Waals surface area (Å²) in [4.78, 5) is 21.0. The van der Waals surface area contributed by atoms with Gasteiger partial charge in [0.05, 0.1) is 23.8 Å². The zero-order valence-corrected chi connectivity index (χ0v) is 18.9. The molecule has 0 spiro atoms. The van der Waals surface area contributed by atoms with Crippen LogP contribution in [0.1, 0.15) is 15.9 Å². The number of anilines is 1. The van der Waals surface area contributed by atoms with Crippen LogP contribution in [0.5, 0.6) is 0 Å². The van der Waals surface area contributed by atoms with Crippen molar-refractivity contribution in [3.8, 4) is 0 Å². The SMILES string of the molecule is O=C(O/N=C(/Cn1nnc(N2CCOCC2)n1)c1ccc(Cl)cc1)c1ccc(Cl)cc1Cl. The minimum atomic E-state index is -0.723. The van der Waals surface area contributed by atoms with Crippen molar-refractivity contribution in [1.82, 2.24) is 20.2 Å². The van der Waals surface area contributed by atoms with Crippen molar-refractivity contribution < 1.29 is 14.4 Å². The molecule has 0 N–H and O–H groups in total. The van der Waals surface area contributed by atoms with E-state index in [2.05, 4.69) is 20.6 Å². The maximum absolute atomic E-state index is 12.5. The fourth-order valence-electron chi connectivity index (χ4n) is 2.94. The van der Waals surface area contributed by atoms with E-state index in [1.807, 2.05) is 4.90 Å². The molecule has 0 saturated carbocycles. The van der Waals surface area contributed by atoms with Gasteiger partial charge in [0.15, 0.2) is 0 Å². The predicted molar refractivity (Wildman–Crippen MR) is 121 cm³/mol. The van der Waals surface area contributed by atoms with Gasteiger partial charge in [-0.05, 0) is 35.5 Å². The molecule has 12 heteroatoms. The van der Waals surface area contributed by atoms with Crippen LogP contribution in [0, 0.1) is 0 Å². The molecule has 2 heterocycles. The van der Waals surface area contributed by atoms with E-state index in [4.69, 9.17) is 44.4 Å². The number of carbonyl (C=O) groups excluding carboxylic acids is 1. The van der Waals surface area contributed by atoms with E-state index < -0.39 is 5.97 Å². The molecular weight excluding hydrogens is 479 g/mol. The van der Waals surface area contributed by atoms with Gasteiger partial charge >= 0.3 is 5.97 Å². The highest BCUT2D eigenvalue weighted by Crippen LogP contribution is 2.22. The maximum Gasteiger partial charge on any atom is 0.367 e. The van der Waals surface area contributed by atoms with Crippen LogP contribution < -0.4 is 4.90 Å². The number of hydrogen-bond donors (Lipinski definition) is 0. The Bertz CT molecular complexity index is 1130. The number of halogens is 3. The van der Waals surface area contributed by atoms with E-state index in [-0.39, 0.29) is 17.1 Å². The second-order valence-corrected chi connectivity index (χ2v) is 8.05. The Kier molecular flexibility index (Phi) is 7.21. The Balaban J connectivity index is 1.55. The number of benzene rings is 2. The van der Waals surface area contributed by atoms with E-state index in [0.717, 1.165) is 0 Å². The molecule has 1 fully saturated rings. The lowest BCUT2D eigenvalue weighted by atomic mass is 10.1. The second kappa shape index (κ2) is 10.3. The molecule has 0 bridgehead atoms. The summed E-state index contributed by atoms with van der Waals surface area (Å²) in [5, 5.41) is 17.8. The zero-order chi connectivity index (χ0) is 22.5. The van der Waals surface area contributed by atoms with Gasteiger partial charge < -0.3 is 14.5 Å². The Morgan fingerprint density at radius 3 is 2.50 bits per heavy atom. The van der Waals surface area contributed by atoms with Crippen molar-refractivity contribution in [2.45, 2.75) is 6.54 Å². The average Bonchev–Trinajstić information content (AvgIpc) is 3.26. The molecule has 1 aliphatic rings. The summed E-state index contributed by atoms with van der Waals surface area (Å²) in [5.41, 5.74) is 1.21. The monoisotopic (exact) mass is 494 g/mol. The van der Waals surface area contributed by atoms with Gasteiger partial charge in [0.1, 0.15) is 12.3 Å². The quantitative estimate of drug-likeness (QED) is 0.292. The molecule has 1 aromatic heterocycles. The Labute approximate surface area is 198 Å². The molecule has 1 saturated heterocycles. The topological polar surface area (TPSA) is 94.7 Å². The molecule has 9 nitrogen and oxygen atoms in total. The molecule has 32 heavy (non-hydrogen) atoms. The normalized spacial score (nSPS) is 14.5. The van der Waals surface area contributed by atoms with Gasteiger partial charge in [-0.2, -0.15) is 4.80 Å². The van der Waals surface area contributed by atoms with E-state index in [9.17, 15) is 4.79 Å². The van der Waals surface area contributed by atoms with Crippen molar-refractivity contribution >= 4 is 52.4 Å². The van der Waals surface area contributed by atoms with Crippen molar-refractivity contribution in [1.29, 1.82) is 0 Å². The molecule has 0 unspecified atom stereocenters. The third kappa shape index (κ3) is 5.55. The first-order valence-electron chi connectivity index (χ1n) is 9.59. The molecule has 166 valence electrons. The summed E-state index contributed by atoms with van der Waals surface area (Å²) in [5.74, 6) is -0.229. The van der Waals surface area contributed by atoms with E-state index in [1.54, 1.807) is 30.3 Å². The third-order valence-corrected chi connectivity index (χ3v) is 5.39. The maximum atomic E-state index is 12.5. The highest BCUT2D eigenvalue weighted by molar-refractivity contribution is 6.36. The van der Waals surface area contributed by atoms with Crippen molar-refractivity contribution in [3.05, 3.63) is 68.7 Å². The molecule has 0 radical (unpaired) electrons. The van der Waals surface area contributed by atoms with Crippen LogP contribution in [-0.2, 0) is 16.1 Å². The molecule has 0 amide bonds. The number of rotatable bonds is 6. The molecule has 2 aromatic carbocycles. The van der Waals surface area contributed by atoms with Crippen LogP contribution in [0.15, 0.2) is 47.6 Å². The van der Waals surface area contributed by atoms with Crippen molar-refractivity contribution in [2.24, 2.45) is 5.16 Å². The average molecular weight is 496 g/mol. The fourth-order valence-corrected chi connectivity index (χ4v) is 3.55. The third-order valence-electron chi connectivity index (χ3n) is 4.59. The largest absolute Gasteiger partial charge is 0.378 e. The number of carbonyl (C=O) groups is 1. The summed E-state index contributed by atoms with van der Waals surface area (Å²) in [6.45, 7) is 2.69. The number of aromatic nitrogens is 4. The van der Waals surface area contributed by atoms with Crippen molar-refractivity contribution in [2.75, 3.05) is 31.2 Å². The van der Waals surface area contributed by atoms with Crippen LogP contribution in [0.4, 0.5) is 5.95 Å². The number of hydrogen-bond acceptors (Lipinski definition) is 8. The Morgan fingerprint density at radius 2 is 1.78 bits per heavy atom. The summed E-state index contributed by atoms with van der Waals surface area (Å²) in [7, 11) is 0. The first-order valence-corrected chi connectivity index (χ1v) is 10.7. The highest BCUT2D eigenvalue weighted by atomic mass is 35.5. The fraction of sp³-hybridized carbons (Fsp3) is 0.250. The van der Waals surface area contributed by atoms with Crippen molar-refractivity contribution in [3.63, 3.8) is 0 Å². The minimum Gasteiger partial charge on any atom is -0.378 e. The lowest BCUT2D eigenvalue weighted by molar-refractivity contribution is 0.0515. The zero-order valence-electron chi connectivity index (χ0n) is 16.6. The molecule has 1 aliphatic heterocycles. The summed E-state index contributed by atoms with van der Waals surface area (Å²) in [6.07, 6.45) is 0. The van der Waals surface area contributed by atoms with Gasteiger partial charge in [0.25, 0.3) is 5.95 Å². The number of morpholine rings is 1. The summed E-state index contributed by atoms with van der Waals surface area (Å²) < 4.78 is 5.35. The molecule has 0 aliphatic carbocycles.